The normalized spacial score (nSPS) is 12.5. The Kier molecular flexibility index (Phi) is 4.71. The molecule has 0 bridgehead atoms. The van der Waals surface area contributed by atoms with Crippen LogP contribution >= 0.6 is 23.2 Å². The fourth-order valence-corrected chi connectivity index (χ4v) is 2.52. The molecule has 0 radical (unpaired) electrons. The Hall–Kier alpha value is -3.10. The van der Waals surface area contributed by atoms with Gasteiger partial charge in [-0.1, -0.05) is 28.2 Å². The summed E-state index contributed by atoms with van der Waals surface area (Å²) in [4.78, 5) is 16.4. The van der Waals surface area contributed by atoms with Crippen LogP contribution in [0.25, 0.3) is 0 Å². The quantitative estimate of drug-likeness (QED) is 0.487. The molecule has 1 heterocycles. The van der Waals surface area contributed by atoms with Crippen molar-refractivity contribution < 1.29 is 27.5 Å². The molecule has 0 aliphatic heterocycles. The summed E-state index contributed by atoms with van der Waals surface area (Å²) in [5.41, 5.74) is -0.0208. The minimum atomic E-state index is -2.88. The van der Waals surface area contributed by atoms with Crippen LogP contribution < -0.4 is 19.5 Å². The molecule has 0 unspecified atom stereocenters. The SMILES string of the molecule is [2H]C([2H])([2H])Oc1cc(F)ccc1Oc1cc(Cl)c(Cl)cc1C(=O)Nc1cnc[n+]([O-])c1. The molecule has 10 heteroatoms. The summed E-state index contributed by atoms with van der Waals surface area (Å²) in [6.45, 7) is 0. The predicted octanol–water partition coefficient (Wildman–Crippen LogP) is 4.21. The largest absolute Gasteiger partial charge is 0.711 e. The lowest BCUT2D eigenvalue weighted by Crippen LogP contribution is -2.26. The topological polar surface area (TPSA) is 87.4 Å². The van der Waals surface area contributed by atoms with E-state index in [0.717, 1.165) is 30.7 Å². The molecule has 3 rings (SSSR count). The number of benzene rings is 2. The smallest absolute Gasteiger partial charge is 0.289 e. The fraction of sp³-hybridized carbons (Fsp3) is 0.0556. The third kappa shape index (κ3) is 4.41. The molecular weight excluding hydrogens is 412 g/mol. The van der Waals surface area contributed by atoms with Crippen LogP contribution in [0.2, 0.25) is 10.0 Å². The van der Waals surface area contributed by atoms with Gasteiger partial charge in [-0.3, -0.25) is 4.79 Å². The van der Waals surface area contributed by atoms with E-state index in [-0.39, 0.29) is 32.8 Å². The van der Waals surface area contributed by atoms with Crippen molar-refractivity contribution in [3.05, 3.63) is 75.7 Å². The zero-order valence-electron chi connectivity index (χ0n) is 16.8. The summed E-state index contributed by atoms with van der Waals surface area (Å²) in [5.74, 6) is -2.24. The van der Waals surface area contributed by atoms with Crippen LogP contribution in [0.1, 0.15) is 14.5 Å². The van der Waals surface area contributed by atoms with E-state index in [1.807, 2.05) is 0 Å². The second-order valence-corrected chi connectivity index (χ2v) is 6.16. The number of amides is 1. The first-order chi connectivity index (χ1) is 14.5. The molecule has 28 heavy (non-hydrogen) atoms. The first kappa shape index (κ1) is 15.9. The third-order valence-corrected chi connectivity index (χ3v) is 4.14. The van der Waals surface area contributed by atoms with Crippen LogP contribution in [-0.4, -0.2) is 17.9 Å². The van der Waals surface area contributed by atoms with Crippen LogP contribution in [0.4, 0.5) is 10.1 Å². The number of carbonyl (C=O) groups is 1. The Morgan fingerprint density at radius 2 is 2.04 bits per heavy atom. The monoisotopic (exact) mass is 426 g/mol. The highest BCUT2D eigenvalue weighted by Gasteiger charge is 2.19. The van der Waals surface area contributed by atoms with Gasteiger partial charge in [0, 0.05) is 12.1 Å². The molecule has 3 aromatic rings. The number of hydrogen-bond donors (Lipinski definition) is 1. The van der Waals surface area contributed by atoms with E-state index in [2.05, 4.69) is 10.3 Å². The number of hydrogen-bond acceptors (Lipinski definition) is 5. The number of nitrogens with zero attached hydrogens (tertiary/aromatic N) is 2. The van der Waals surface area contributed by atoms with Gasteiger partial charge in [0.15, 0.2) is 17.7 Å². The highest BCUT2D eigenvalue weighted by Crippen LogP contribution is 2.37. The molecule has 0 aliphatic rings. The number of halogens is 3. The summed E-state index contributed by atoms with van der Waals surface area (Å²) in [7, 11) is -2.88. The van der Waals surface area contributed by atoms with Gasteiger partial charge in [-0.05, 0) is 18.2 Å². The fourth-order valence-electron chi connectivity index (χ4n) is 2.20. The second-order valence-electron chi connectivity index (χ2n) is 5.35. The number of aromatic nitrogens is 2. The Bertz CT molecular complexity index is 1150. The Balaban J connectivity index is 1.99. The molecule has 0 spiro atoms. The summed E-state index contributed by atoms with van der Waals surface area (Å²) in [6.07, 6.45) is 3.31. The van der Waals surface area contributed by atoms with Crippen LogP contribution in [0.3, 0.4) is 0 Å². The van der Waals surface area contributed by atoms with Gasteiger partial charge in [-0.15, -0.1) is 0 Å². The highest BCUT2D eigenvalue weighted by atomic mass is 35.5. The van der Waals surface area contributed by atoms with E-state index < -0.39 is 24.5 Å². The zero-order valence-corrected chi connectivity index (χ0v) is 15.3. The predicted molar refractivity (Wildman–Crippen MR) is 101 cm³/mol. The lowest BCUT2D eigenvalue weighted by molar-refractivity contribution is -0.608. The number of methoxy groups -OCH3 is 1. The minimum absolute atomic E-state index is 0.0299. The molecule has 0 aliphatic carbocycles. The maximum Gasteiger partial charge on any atom is 0.289 e. The maximum atomic E-state index is 13.6. The van der Waals surface area contributed by atoms with E-state index in [9.17, 15) is 14.4 Å². The van der Waals surface area contributed by atoms with Crippen molar-refractivity contribution in [3.63, 3.8) is 0 Å². The highest BCUT2D eigenvalue weighted by molar-refractivity contribution is 6.42. The molecule has 0 saturated heterocycles. The summed E-state index contributed by atoms with van der Waals surface area (Å²) >= 11 is 12.0. The number of ether oxygens (including phenoxy) is 2. The molecule has 0 fully saturated rings. The Labute approximate surface area is 173 Å². The summed E-state index contributed by atoms with van der Waals surface area (Å²) in [5, 5.41) is 13.9. The summed E-state index contributed by atoms with van der Waals surface area (Å²) in [6, 6.07) is 5.40. The lowest BCUT2D eigenvalue weighted by atomic mass is 10.1. The molecule has 1 N–H and O–H groups in total. The Morgan fingerprint density at radius 3 is 2.79 bits per heavy atom. The second kappa shape index (κ2) is 8.28. The van der Waals surface area contributed by atoms with Crippen molar-refractivity contribution in [1.82, 2.24) is 4.98 Å². The van der Waals surface area contributed by atoms with Crippen molar-refractivity contribution in [3.8, 4) is 17.2 Å². The standard InChI is InChI=1S/C18H12Cl2FN3O4/c1-27-17-4-10(21)2-3-15(17)28-16-6-14(20)13(19)5-12(16)18(25)23-11-7-22-9-24(26)8-11/h2-9H,1H3,(H,23,25)/i1D3. The molecule has 1 aromatic heterocycles. The first-order valence-electron chi connectivity index (χ1n) is 9.02. The van der Waals surface area contributed by atoms with E-state index in [1.165, 1.54) is 18.3 Å². The van der Waals surface area contributed by atoms with Gasteiger partial charge in [0.1, 0.15) is 23.5 Å². The number of nitrogens with one attached hydrogen (secondary N) is 1. The maximum absolute atomic E-state index is 13.6. The lowest BCUT2D eigenvalue weighted by Gasteiger charge is -2.14. The molecule has 2 aromatic carbocycles. The Morgan fingerprint density at radius 1 is 1.25 bits per heavy atom. The van der Waals surface area contributed by atoms with E-state index in [0.29, 0.717) is 4.73 Å². The number of anilines is 1. The average Bonchev–Trinajstić information content (AvgIpc) is 2.65. The molecule has 1 amide bonds. The average molecular weight is 427 g/mol. The van der Waals surface area contributed by atoms with Crippen molar-refractivity contribution in [2.45, 2.75) is 0 Å². The first-order valence-corrected chi connectivity index (χ1v) is 8.28. The van der Waals surface area contributed by atoms with Crippen LogP contribution in [0.5, 0.6) is 17.2 Å². The van der Waals surface area contributed by atoms with Crippen LogP contribution in [-0.2, 0) is 0 Å². The molecular formula is C18H12Cl2FN3O4. The van der Waals surface area contributed by atoms with Crippen molar-refractivity contribution in [1.29, 1.82) is 0 Å². The van der Waals surface area contributed by atoms with Crippen molar-refractivity contribution in [2.24, 2.45) is 0 Å². The van der Waals surface area contributed by atoms with Gasteiger partial charge in [0.25, 0.3) is 12.2 Å². The van der Waals surface area contributed by atoms with Gasteiger partial charge in [-0.2, -0.15) is 0 Å². The van der Waals surface area contributed by atoms with Crippen LogP contribution in [0.15, 0.2) is 49.1 Å². The van der Waals surface area contributed by atoms with Crippen LogP contribution in [0, 0.1) is 11.0 Å². The molecule has 144 valence electrons. The number of rotatable bonds is 5. The van der Waals surface area contributed by atoms with Gasteiger partial charge in [-0.25, -0.2) is 9.12 Å². The van der Waals surface area contributed by atoms with E-state index in [1.54, 1.807) is 0 Å². The molecule has 7 nitrogen and oxygen atoms in total. The van der Waals surface area contributed by atoms with Crippen molar-refractivity contribution >= 4 is 34.8 Å². The van der Waals surface area contributed by atoms with Gasteiger partial charge >= 0.3 is 0 Å². The van der Waals surface area contributed by atoms with Gasteiger partial charge in [0.05, 0.1) is 26.8 Å². The number of carbonyl (C=O) groups excluding carboxylic acids is 1. The van der Waals surface area contributed by atoms with Gasteiger partial charge in [0.2, 0.25) is 0 Å². The third-order valence-electron chi connectivity index (χ3n) is 3.42. The zero-order chi connectivity index (χ0) is 22.8. The van der Waals surface area contributed by atoms with E-state index >= 15 is 0 Å². The molecule has 0 atom stereocenters. The van der Waals surface area contributed by atoms with Crippen molar-refractivity contribution in [2.75, 3.05) is 12.4 Å². The minimum Gasteiger partial charge on any atom is -0.711 e. The van der Waals surface area contributed by atoms with E-state index in [4.69, 9.17) is 36.8 Å². The summed E-state index contributed by atoms with van der Waals surface area (Å²) < 4.78 is 46.1. The van der Waals surface area contributed by atoms with Gasteiger partial charge < -0.3 is 20.0 Å². The molecule has 0 saturated carbocycles.